The van der Waals surface area contributed by atoms with Crippen molar-refractivity contribution in [3.63, 3.8) is 0 Å². The van der Waals surface area contributed by atoms with Crippen molar-refractivity contribution in [2.45, 2.75) is 20.4 Å². The Morgan fingerprint density at radius 3 is 2.59 bits per heavy atom. The molecule has 17 heavy (non-hydrogen) atoms. The molecule has 0 saturated carbocycles. The number of nitrogens with one attached hydrogen (secondary N) is 1. The van der Waals surface area contributed by atoms with E-state index in [1.54, 1.807) is 5.57 Å². The molecule has 0 spiro atoms. The van der Waals surface area contributed by atoms with Crippen molar-refractivity contribution in [3.8, 4) is 0 Å². The second-order valence-corrected chi connectivity index (χ2v) is 4.65. The fourth-order valence-corrected chi connectivity index (χ4v) is 2.02. The van der Waals surface area contributed by atoms with Gasteiger partial charge >= 0.3 is 0 Å². The first kappa shape index (κ1) is 12.3. The Bertz CT molecular complexity index is 378. The van der Waals surface area contributed by atoms with E-state index in [1.807, 2.05) is 12.4 Å². The zero-order valence-corrected chi connectivity index (χ0v) is 10.7. The molecule has 0 aliphatic carbocycles. The first-order chi connectivity index (χ1) is 8.29. The molecule has 0 unspecified atom stereocenters. The average Bonchev–Trinajstić information content (AvgIpc) is 2.27. The first-order valence-electron chi connectivity index (χ1n) is 6.29. The molecule has 1 N–H and O–H groups in total. The maximum absolute atomic E-state index is 4.05. The van der Waals surface area contributed by atoms with Crippen molar-refractivity contribution in [3.05, 3.63) is 41.2 Å². The van der Waals surface area contributed by atoms with E-state index in [1.165, 1.54) is 11.1 Å². The van der Waals surface area contributed by atoms with Gasteiger partial charge in [0, 0.05) is 38.6 Å². The lowest BCUT2D eigenvalue weighted by Gasteiger charge is -2.26. The van der Waals surface area contributed by atoms with Crippen molar-refractivity contribution in [1.82, 2.24) is 15.2 Å². The molecule has 1 aromatic heterocycles. The van der Waals surface area contributed by atoms with E-state index in [0.29, 0.717) is 0 Å². The van der Waals surface area contributed by atoms with Gasteiger partial charge in [-0.25, -0.2) is 0 Å². The highest BCUT2D eigenvalue weighted by atomic mass is 15.1. The number of likely N-dealkylation sites (N-methyl/N-ethyl adjacent to an activating group) is 1. The van der Waals surface area contributed by atoms with Crippen LogP contribution < -0.4 is 5.32 Å². The third-order valence-corrected chi connectivity index (χ3v) is 3.34. The van der Waals surface area contributed by atoms with Crippen LogP contribution in [0.2, 0.25) is 0 Å². The minimum absolute atomic E-state index is 1.01. The molecule has 2 rings (SSSR count). The second kappa shape index (κ2) is 5.94. The number of nitrogens with zero attached hydrogens (tertiary/aromatic N) is 2. The molecule has 3 nitrogen and oxygen atoms in total. The zero-order valence-electron chi connectivity index (χ0n) is 10.7. The minimum Gasteiger partial charge on any atom is -0.309 e. The molecular formula is C14H21N3. The van der Waals surface area contributed by atoms with Crippen LogP contribution in [0, 0.1) is 0 Å². The Balaban J connectivity index is 1.93. The van der Waals surface area contributed by atoms with Gasteiger partial charge in [0.1, 0.15) is 0 Å². The van der Waals surface area contributed by atoms with Gasteiger partial charge in [-0.15, -0.1) is 0 Å². The molecule has 0 bridgehead atoms. The van der Waals surface area contributed by atoms with Gasteiger partial charge in [0.2, 0.25) is 0 Å². The summed E-state index contributed by atoms with van der Waals surface area (Å²) in [7, 11) is 0. The molecule has 0 radical (unpaired) electrons. The standard InChI is InChI=1S/C14H21N3/c1-3-17(10-12(2)14-8-16-9-14)11-13-4-6-15-7-5-13/h4-7,16H,3,8-11H2,1-2H3. The largest absolute Gasteiger partial charge is 0.309 e. The summed E-state index contributed by atoms with van der Waals surface area (Å²) in [5.74, 6) is 0. The number of rotatable bonds is 5. The quantitative estimate of drug-likeness (QED) is 0.784. The number of hydrogen-bond acceptors (Lipinski definition) is 3. The van der Waals surface area contributed by atoms with Gasteiger partial charge in [-0.1, -0.05) is 12.5 Å². The fraction of sp³-hybridized carbons (Fsp3) is 0.500. The van der Waals surface area contributed by atoms with Crippen molar-refractivity contribution in [1.29, 1.82) is 0 Å². The average molecular weight is 231 g/mol. The summed E-state index contributed by atoms with van der Waals surface area (Å²) >= 11 is 0. The highest BCUT2D eigenvalue weighted by Gasteiger charge is 2.12. The van der Waals surface area contributed by atoms with Crippen molar-refractivity contribution >= 4 is 0 Å². The molecule has 0 atom stereocenters. The summed E-state index contributed by atoms with van der Waals surface area (Å²) in [6.07, 6.45) is 3.73. The summed E-state index contributed by atoms with van der Waals surface area (Å²) in [4.78, 5) is 6.52. The smallest absolute Gasteiger partial charge is 0.0271 e. The summed E-state index contributed by atoms with van der Waals surface area (Å²) in [6, 6.07) is 4.19. The lowest BCUT2D eigenvalue weighted by atomic mass is 10.0. The maximum atomic E-state index is 4.05. The lowest BCUT2D eigenvalue weighted by Crippen LogP contribution is -2.36. The van der Waals surface area contributed by atoms with E-state index < -0.39 is 0 Å². The molecule has 0 aromatic carbocycles. The van der Waals surface area contributed by atoms with Crippen LogP contribution in [0.5, 0.6) is 0 Å². The minimum atomic E-state index is 1.01. The predicted molar refractivity (Wildman–Crippen MR) is 70.8 cm³/mol. The lowest BCUT2D eigenvalue weighted by molar-refractivity contribution is 0.302. The van der Waals surface area contributed by atoms with E-state index in [4.69, 9.17) is 0 Å². The molecule has 1 fully saturated rings. The molecule has 1 aliphatic rings. The molecule has 1 aliphatic heterocycles. The highest BCUT2D eigenvalue weighted by Crippen LogP contribution is 2.12. The van der Waals surface area contributed by atoms with Crippen LogP contribution in [0.25, 0.3) is 0 Å². The van der Waals surface area contributed by atoms with Gasteiger partial charge in [0.25, 0.3) is 0 Å². The van der Waals surface area contributed by atoms with Crippen LogP contribution in [-0.2, 0) is 6.54 Å². The fourth-order valence-electron chi connectivity index (χ4n) is 2.02. The molecule has 1 aromatic rings. The predicted octanol–water partition coefficient (Wildman–Crippen LogP) is 1.82. The van der Waals surface area contributed by atoms with Gasteiger partial charge in [-0.05, 0) is 36.7 Å². The third kappa shape index (κ3) is 3.38. The summed E-state index contributed by atoms with van der Waals surface area (Å²) in [5.41, 5.74) is 4.45. The monoisotopic (exact) mass is 231 g/mol. The Labute approximate surface area is 104 Å². The first-order valence-corrected chi connectivity index (χ1v) is 6.29. The Morgan fingerprint density at radius 2 is 2.06 bits per heavy atom. The molecule has 92 valence electrons. The normalized spacial score (nSPS) is 14.9. The Morgan fingerprint density at radius 1 is 1.35 bits per heavy atom. The summed E-state index contributed by atoms with van der Waals surface area (Å²) in [5, 5.41) is 3.30. The Kier molecular flexibility index (Phi) is 4.29. The summed E-state index contributed by atoms with van der Waals surface area (Å²) in [6.45, 7) is 9.81. The number of hydrogen-bond donors (Lipinski definition) is 1. The highest BCUT2D eigenvalue weighted by molar-refractivity contribution is 5.22. The van der Waals surface area contributed by atoms with Crippen LogP contribution in [0.3, 0.4) is 0 Å². The topological polar surface area (TPSA) is 28.2 Å². The van der Waals surface area contributed by atoms with E-state index in [-0.39, 0.29) is 0 Å². The van der Waals surface area contributed by atoms with Gasteiger partial charge in [-0.2, -0.15) is 0 Å². The third-order valence-electron chi connectivity index (χ3n) is 3.34. The van der Waals surface area contributed by atoms with Crippen LogP contribution >= 0.6 is 0 Å². The van der Waals surface area contributed by atoms with Crippen LogP contribution in [0.4, 0.5) is 0 Å². The SMILES string of the molecule is CCN(CC(C)=C1CNC1)Cc1ccncc1. The molecular weight excluding hydrogens is 210 g/mol. The Hall–Kier alpha value is -1.19. The number of aromatic nitrogens is 1. The van der Waals surface area contributed by atoms with Crippen LogP contribution in [0.1, 0.15) is 19.4 Å². The molecule has 2 heterocycles. The van der Waals surface area contributed by atoms with E-state index >= 15 is 0 Å². The molecule has 0 amide bonds. The van der Waals surface area contributed by atoms with E-state index in [2.05, 4.69) is 41.2 Å². The van der Waals surface area contributed by atoms with Crippen LogP contribution in [-0.4, -0.2) is 36.1 Å². The van der Waals surface area contributed by atoms with Gasteiger partial charge in [-0.3, -0.25) is 9.88 Å². The van der Waals surface area contributed by atoms with Gasteiger partial charge < -0.3 is 5.32 Å². The van der Waals surface area contributed by atoms with Gasteiger partial charge in [0.15, 0.2) is 0 Å². The van der Waals surface area contributed by atoms with Gasteiger partial charge in [0.05, 0.1) is 0 Å². The zero-order chi connectivity index (χ0) is 12.1. The van der Waals surface area contributed by atoms with Crippen LogP contribution in [0.15, 0.2) is 35.7 Å². The molecule has 3 heteroatoms. The van der Waals surface area contributed by atoms with Crippen molar-refractivity contribution in [2.75, 3.05) is 26.2 Å². The maximum Gasteiger partial charge on any atom is 0.0271 e. The number of pyridine rings is 1. The molecule has 1 saturated heterocycles. The van der Waals surface area contributed by atoms with Crippen molar-refractivity contribution < 1.29 is 0 Å². The van der Waals surface area contributed by atoms with Crippen molar-refractivity contribution in [2.24, 2.45) is 0 Å². The second-order valence-electron chi connectivity index (χ2n) is 4.65. The summed E-state index contributed by atoms with van der Waals surface area (Å²) < 4.78 is 0. The van der Waals surface area contributed by atoms with E-state index in [9.17, 15) is 0 Å². The van der Waals surface area contributed by atoms with E-state index in [0.717, 1.165) is 32.7 Å².